The van der Waals surface area contributed by atoms with Crippen molar-refractivity contribution in [2.24, 2.45) is 0 Å². The van der Waals surface area contributed by atoms with E-state index in [0.717, 1.165) is 6.54 Å². The molecule has 1 aromatic heterocycles. The number of hydrogen-bond donors (Lipinski definition) is 0. The molecule has 5 heteroatoms. The number of benzene rings is 1. The molecule has 0 unspecified atom stereocenters. The minimum absolute atomic E-state index is 0.454. The molecule has 0 bridgehead atoms. The second-order valence-corrected chi connectivity index (χ2v) is 3.99. The van der Waals surface area contributed by atoms with Crippen molar-refractivity contribution in [1.29, 1.82) is 0 Å². The summed E-state index contributed by atoms with van der Waals surface area (Å²) >= 11 is 11.8. The number of halogens is 2. The van der Waals surface area contributed by atoms with Crippen LogP contribution in [0.3, 0.4) is 0 Å². The van der Waals surface area contributed by atoms with E-state index in [1.807, 2.05) is 10.8 Å². The zero-order chi connectivity index (χ0) is 11.4. The maximum atomic E-state index is 5.98. The summed E-state index contributed by atoms with van der Waals surface area (Å²) < 4.78 is 7.45. The number of imidazole rings is 1. The van der Waals surface area contributed by atoms with Gasteiger partial charge in [0, 0.05) is 12.4 Å². The van der Waals surface area contributed by atoms with Gasteiger partial charge in [-0.25, -0.2) is 4.98 Å². The van der Waals surface area contributed by atoms with Crippen LogP contribution in [0.15, 0.2) is 36.9 Å². The maximum Gasteiger partial charge on any atom is 0.139 e. The molecule has 0 spiro atoms. The average molecular weight is 257 g/mol. The van der Waals surface area contributed by atoms with Crippen molar-refractivity contribution < 1.29 is 4.74 Å². The van der Waals surface area contributed by atoms with E-state index in [4.69, 9.17) is 27.9 Å². The lowest BCUT2D eigenvalue weighted by Gasteiger charge is -2.08. The Bertz CT molecular complexity index is 457. The molecule has 0 saturated carbocycles. The molecular weight excluding hydrogens is 247 g/mol. The molecular formula is C11H10Cl2N2O. The number of aromatic nitrogens is 2. The Labute approximate surface area is 104 Å². The van der Waals surface area contributed by atoms with Gasteiger partial charge in [0.15, 0.2) is 0 Å². The van der Waals surface area contributed by atoms with E-state index in [9.17, 15) is 0 Å². The third-order valence-corrected chi connectivity index (χ3v) is 2.88. The van der Waals surface area contributed by atoms with Gasteiger partial charge in [0.05, 0.1) is 17.9 Å². The first-order chi connectivity index (χ1) is 7.77. The highest BCUT2D eigenvalue weighted by Gasteiger charge is 2.04. The number of ether oxygens (including phenoxy) is 1. The lowest BCUT2D eigenvalue weighted by molar-refractivity contribution is 0.298. The van der Waals surface area contributed by atoms with E-state index in [-0.39, 0.29) is 0 Å². The Kier molecular flexibility index (Phi) is 3.70. The molecule has 16 heavy (non-hydrogen) atoms. The summed E-state index contributed by atoms with van der Waals surface area (Å²) in [4.78, 5) is 3.94. The van der Waals surface area contributed by atoms with Gasteiger partial charge in [-0.1, -0.05) is 29.3 Å². The molecule has 2 rings (SSSR count). The van der Waals surface area contributed by atoms with E-state index in [1.54, 1.807) is 30.7 Å². The first-order valence-corrected chi connectivity index (χ1v) is 5.55. The molecule has 0 aliphatic carbocycles. The van der Waals surface area contributed by atoms with Crippen molar-refractivity contribution in [2.75, 3.05) is 6.61 Å². The van der Waals surface area contributed by atoms with Crippen molar-refractivity contribution in [3.8, 4) is 5.75 Å². The predicted octanol–water partition coefficient (Wildman–Crippen LogP) is 3.27. The molecule has 1 aromatic carbocycles. The minimum atomic E-state index is 0.454. The van der Waals surface area contributed by atoms with Crippen LogP contribution in [0.1, 0.15) is 0 Å². The molecule has 1 heterocycles. The van der Waals surface area contributed by atoms with Gasteiger partial charge in [-0.05, 0) is 12.1 Å². The normalized spacial score (nSPS) is 10.4. The molecule has 0 aliphatic heterocycles. The first-order valence-electron chi connectivity index (χ1n) is 4.80. The fourth-order valence-corrected chi connectivity index (χ4v) is 1.62. The lowest BCUT2D eigenvalue weighted by atomic mass is 10.3. The van der Waals surface area contributed by atoms with Crippen molar-refractivity contribution in [3.05, 3.63) is 47.0 Å². The van der Waals surface area contributed by atoms with Gasteiger partial charge in [-0.3, -0.25) is 0 Å². The molecule has 0 N–H and O–H groups in total. The SMILES string of the molecule is Clc1cccc(OCCn2ccnc2)c1Cl. The van der Waals surface area contributed by atoms with Crippen molar-refractivity contribution in [1.82, 2.24) is 9.55 Å². The smallest absolute Gasteiger partial charge is 0.139 e. The van der Waals surface area contributed by atoms with Gasteiger partial charge in [-0.15, -0.1) is 0 Å². The Hall–Kier alpha value is -1.19. The lowest BCUT2D eigenvalue weighted by Crippen LogP contribution is -2.06. The molecule has 3 nitrogen and oxygen atoms in total. The second kappa shape index (κ2) is 5.23. The van der Waals surface area contributed by atoms with E-state index >= 15 is 0 Å². The standard InChI is InChI=1S/C11H10Cl2N2O/c12-9-2-1-3-10(11(9)13)16-7-6-15-5-4-14-8-15/h1-5,8H,6-7H2. The third kappa shape index (κ3) is 2.68. The predicted molar refractivity (Wildman–Crippen MR) is 64.2 cm³/mol. The van der Waals surface area contributed by atoms with E-state index in [0.29, 0.717) is 22.4 Å². The summed E-state index contributed by atoms with van der Waals surface area (Å²) in [6, 6.07) is 5.33. The molecule has 0 radical (unpaired) electrons. The molecule has 0 saturated heterocycles. The highest BCUT2D eigenvalue weighted by atomic mass is 35.5. The highest BCUT2D eigenvalue weighted by molar-refractivity contribution is 6.42. The summed E-state index contributed by atoms with van der Waals surface area (Å²) in [5.41, 5.74) is 0. The molecule has 0 amide bonds. The molecule has 84 valence electrons. The van der Waals surface area contributed by atoms with E-state index in [2.05, 4.69) is 4.98 Å². The first kappa shape index (κ1) is 11.3. The maximum absolute atomic E-state index is 5.98. The Morgan fingerprint density at radius 3 is 2.94 bits per heavy atom. The summed E-state index contributed by atoms with van der Waals surface area (Å²) in [6.07, 6.45) is 5.35. The van der Waals surface area contributed by atoms with Crippen LogP contribution >= 0.6 is 23.2 Å². The summed E-state index contributed by atoms with van der Waals surface area (Å²) in [5.74, 6) is 0.606. The largest absolute Gasteiger partial charge is 0.490 e. The van der Waals surface area contributed by atoms with Gasteiger partial charge in [0.25, 0.3) is 0 Å². The van der Waals surface area contributed by atoms with Crippen LogP contribution in [0.2, 0.25) is 10.0 Å². The highest BCUT2D eigenvalue weighted by Crippen LogP contribution is 2.31. The van der Waals surface area contributed by atoms with Gasteiger partial charge in [0.1, 0.15) is 17.4 Å². The molecule has 0 atom stereocenters. The van der Waals surface area contributed by atoms with Gasteiger partial charge < -0.3 is 9.30 Å². The van der Waals surface area contributed by atoms with Gasteiger partial charge >= 0.3 is 0 Å². The van der Waals surface area contributed by atoms with Crippen molar-refractivity contribution in [2.45, 2.75) is 6.54 Å². The molecule has 0 fully saturated rings. The zero-order valence-electron chi connectivity index (χ0n) is 8.44. The second-order valence-electron chi connectivity index (χ2n) is 3.20. The quantitative estimate of drug-likeness (QED) is 0.840. The Balaban J connectivity index is 1.92. The summed E-state index contributed by atoms with van der Waals surface area (Å²) in [7, 11) is 0. The number of hydrogen-bond acceptors (Lipinski definition) is 2. The van der Waals surface area contributed by atoms with Crippen molar-refractivity contribution >= 4 is 23.2 Å². The van der Waals surface area contributed by atoms with Crippen LogP contribution in [0.25, 0.3) is 0 Å². The molecule has 2 aromatic rings. The van der Waals surface area contributed by atoms with E-state index < -0.39 is 0 Å². The van der Waals surface area contributed by atoms with Gasteiger partial charge in [-0.2, -0.15) is 0 Å². The van der Waals surface area contributed by atoms with Crippen LogP contribution in [-0.2, 0) is 6.54 Å². The fourth-order valence-electron chi connectivity index (χ4n) is 1.28. The van der Waals surface area contributed by atoms with E-state index in [1.165, 1.54) is 0 Å². The van der Waals surface area contributed by atoms with Crippen LogP contribution in [0.4, 0.5) is 0 Å². The monoisotopic (exact) mass is 256 g/mol. The zero-order valence-corrected chi connectivity index (χ0v) is 9.95. The average Bonchev–Trinajstić information content (AvgIpc) is 2.77. The van der Waals surface area contributed by atoms with Crippen LogP contribution in [-0.4, -0.2) is 16.2 Å². The topological polar surface area (TPSA) is 27.1 Å². The van der Waals surface area contributed by atoms with Gasteiger partial charge in [0.2, 0.25) is 0 Å². The number of rotatable bonds is 4. The Morgan fingerprint density at radius 2 is 2.19 bits per heavy atom. The van der Waals surface area contributed by atoms with Crippen molar-refractivity contribution in [3.63, 3.8) is 0 Å². The van der Waals surface area contributed by atoms with Crippen LogP contribution in [0, 0.1) is 0 Å². The van der Waals surface area contributed by atoms with Crippen LogP contribution in [0.5, 0.6) is 5.75 Å². The number of nitrogens with zero attached hydrogens (tertiary/aromatic N) is 2. The Morgan fingerprint density at radius 1 is 1.31 bits per heavy atom. The third-order valence-electron chi connectivity index (χ3n) is 2.08. The summed E-state index contributed by atoms with van der Waals surface area (Å²) in [6.45, 7) is 1.25. The molecule has 0 aliphatic rings. The van der Waals surface area contributed by atoms with Crippen LogP contribution < -0.4 is 4.74 Å². The summed E-state index contributed by atoms with van der Waals surface area (Å²) in [5, 5.41) is 0.955. The fraction of sp³-hybridized carbons (Fsp3) is 0.182. The minimum Gasteiger partial charge on any atom is -0.490 e.